The standard InChI is InChI=1S/C14H17ClFNO2/c15-12-6-3-10(7-13(12)16)14(19)17-8-9-1-4-11(18)5-2-9/h3,6-7,9,11,18H,1-2,4-5,8H2,(H,17,19). The van der Waals surface area contributed by atoms with Crippen LogP contribution in [0.1, 0.15) is 36.0 Å². The van der Waals surface area contributed by atoms with Gasteiger partial charge in [0.25, 0.3) is 5.91 Å². The van der Waals surface area contributed by atoms with E-state index in [1.54, 1.807) is 0 Å². The van der Waals surface area contributed by atoms with Gasteiger partial charge in [0.1, 0.15) is 5.82 Å². The molecular weight excluding hydrogens is 269 g/mol. The van der Waals surface area contributed by atoms with E-state index in [9.17, 15) is 14.3 Å². The molecule has 2 rings (SSSR count). The number of nitrogens with one attached hydrogen (secondary N) is 1. The van der Waals surface area contributed by atoms with Crippen molar-refractivity contribution < 1.29 is 14.3 Å². The Morgan fingerprint density at radius 3 is 2.68 bits per heavy atom. The van der Waals surface area contributed by atoms with Gasteiger partial charge in [-0.3, -0.25) is 4.79 Å². The molecule has 1 amide bonds. The van der Waals surface area contributed by atoms with E-state index in [1.807, 2.05) is 0 Å². The van der Waals surface area contributed by atoms with Crippen molar-refractivity contribution in [1.29, 1.82) is 0 Å². The molecule has 0 atom stereocenters. The van der Waals surface area contributed by atoms with E-state index in [4.69, 9.17) is 11.6 Å². The highest BCUT2D eigenvalue weighted by molar-refractivity contribution is 6.30. The summed E-state index contributed by atoms with van der Waals surface area (Å²) in [7, 11) is 0. The fraction of sp³-hybridized carbons (Fsp3) is 0.500. The van der Waals surface area contributed by atoms with Crippen molar-refractivity contribution in [3.8, 4) is 0 Å². The quantitative estimate of drug-likeness (QED) is 0.897. The third-order valence-electron chi connectivity index (χ3n) is 3.55. The van der Waals surface area contributed by atoms with Crippen LogP contribution in [-0.2, 0) is 0 Å². The minimum absolute atomic E-state index is 0.0119. The van der Waals surface area contributed by atoms with Crippen LogP contribution < -0.4 is 5.32 Å². The zero-order valence-electron chi connectivity index (χ0n) is 10.5. The lowest BCUT2D eigenvalue weighted by atomic mass is 9.87. The van der Waals surface area contributed by atoms with Crippen molar-refractivity contribution in [2.75, 3.05) is 6.54 Å². The normalized spacial score (nSPS) is 23.1. The molecule has 1 aliphatic carbocycles. The molecule has 5 heteroatoms. The summed E-state index contributed by atoms with van der Waals surface area (Å²) in [6.45, 7) is 0.565. The number of hydrogen-bond donors (Lipinski definition) is 2. The predicted molar refractivity (Wildman–Crippen MR) is 71.7 cm³/mol. The van der Waals surface area contributed by atoms with Crippen LogP contribution in [0.5, 0.6) is 0 Å². The van der Waals surface area contributed by atoms with Crippen LogP contribution >= 0.6 is 11.6 Å². The Kier molecular flexibility index (Phi) is 4.77. The zero-order valence-corrected chi connectivity index (χ0v) is 11.3. The van der Waals surface area contributed by atoms with Crippen LogP contribution in [0, 0.1) is 11.7 Å². The molecule has 1 fully saturated rings. The molecule has 0 unspecified atom stereocenters. The summed E-state index contributed by atoms with van der Waals surface area (Å²) in [6, 6.07) is 4.02. The van der Waals surface area contributed by atoms with Gasteiger partial charge in [-0.15, -0.1) is 0 Å². The second-order valence-electron chi connectivity index (χ2n) is 5.01. The highest BCUT2D eigenvalue weighted by Crippen LogP contribution is 2.23. The maximum atomic E-state index is 13.2. The Morgan fingerprint density at radius 1 is 1.37 bits per heavy atom. The highest BCUT2D eigenvalue weighted by Gasteiger charge is 2.20. The Bertz CT molecular complexity index is 459. The van der Waals surface area contributed by atoms with Crippen LogP contribution in [0.2, 0.25) is 5.02 Å². The maximum absolute atomic E-state index is 13.2. The lowest BCUT2D eigenvalue weighted by Gasteiger charge is -2.25. The molecule has 0 aliphatic heterocycles. The minimum Gasteiger partial charge on any atom is -0.393 e. The fourth-order valence-electron chi connectivity index (χ4n) is 2.33. The maximum Gasteiger partial charge on any atom is 0.251 e. The molecule has 1 aromatic carbocycles. The summed E-state index contributed by atoms with van der Waals surface area (Å²) in [5.41, 5.74) is 0.276. The van der Waals surface area contributed by atoms with E-state index in [0.29, 0.717) is 12.5 Å². The van der Waals surface area contributed by atoms with Gasteiger partial charge >= 0.3 is 0 Å². The number of carbonyl (C=O) groups excluding carboxylic acids is 1. The lowest BCUT2D eigenvalue weighted by molar-refractivity contribution is 0.0910. The molecule has 1 aromatic rings. The molecule has 2 N–H and O–H groups in total. The molecule has 0 bridgehead atoms. The number of carbonyl (C=O) groups is 1. The van der Waals surface area contributed by atoms with E-state index in [0.717, 1.165) is 31.7 Å². The molecule has 1 aliphatic rings. The minimum atomic E-state index is -0.588. The molecule has 0 radical (unpaired) electrons. The molecule has 1 saturated carbocycles. The fourth-order valence-corrected chi connectivity index (χ4v) is 2.44. The van der Waals surface area contributed by atoms with Gasteiger partial charge in [-0.05, 0) is 49.8 Å². The van der Waals surface area contributed by atoms with Crippen molar-refractivity contribution in [3.05, 3.63) is 34.6 Å². The highest BCUT2D eigenvalue weighted by atomic mass is 35.5. The number of rotatable bonds is 3. The average Bonchev–Trinajstić information content (AvgIpc) is 2.41. The summed E-state index contributed by atoms with van der Waals surface area (Å²) >= 11 is 5.57. The third-order valence-corrected chi connectivity index (χ3v) is 3.86. The number of amides is 1. The van der Waals surface area contributed by atoms with Gasteiger partial charge in [-0.25, -0.2) is 4.39 Å². The van der Waals surface area contributed by atoms with E-state index >= 15 is 0 Å². The van der Waals surface area contributed by atoms with Crippen LogP contribution in [0.4, 0.5) is 4.39 Å². The average molecular weight is 286 g/mol. The van der Waals surface area contributed by atoms with Gasteiger partial charge < -0.3 is 10.4 Å². The molecule has 0 saturated heterocycles. The van der Waals surface area contributed by atoms with E-state index in [-0.39, 0.29) is 22.6 Å². The van der Waals surface area contributed by atoms with Gasteiger partial charge in [0.15, 0.2) is 0 Å². The summed E-state index contributed by atoms with van der Waals surface area (Å²) in [4.78, 5) is 11.8. The zero-order chi connectivity index (χ0) is 13.8. The van der Waals surface area contributed by atoms with Gasteiger partial charge in [0.05, 0.1) is 11.1 Å². The number of halogens is 2. The summed E-state index contributed by atoms with van der Waals surface area (Å²) in [6.07, 6.45) is 3.20. The molecular formula is C14H17ClFNO2. The number of benzene rings is 1. The number of aliphatic hydroxyl groups excluding tert-OH is 1. The first-order valence-electron chi connectivity index (χ1n) is 6.47. The molecule has 0 heterocycles. The van der Waals surface area contributed by atoms with Gasteiger partial charge in [0.2, 0.25) is 0 Å². The number of hydrogen-bond acceptors (Lipinski definition) is 2. The van der Waals surface area contributed by atoms with Crippen LogP contribution in [0.25, 0.3) is 0 Å². The largest absolute Gasteiger partial charge is 0.393 e. The monoisotopic (exact) mass is 285 g/mol. The van der Waals surface area contributed by atoms with Gasteiger partial charge in [-0.1, -0.05) is 11.6 Å². The van der Waals surface area contributed by atoms with Crippen molar-refractivity contribution >= 4 is 17.5 Å². The predicted octanol–water partition coefficient (Wildman–Crippen LogP) is 2.76. The SMILES string of the molecule is O=C(NCC1CCC(O)CC1)c1ccc(Cl)c(F)c1. The molecule has 0 spiro atoms. The molecule has 19 heavy (non-hydrogen) atoms. The second-order valence-corrected chi connectivity index (χ2v) is 5.42. The van der Waals surface area contributed by atoms with Crippen LogP contribution in [0.3, 0.4) is 0 Å². The summed E-state index contributed by atoms with van der Waals surface area (Å²) in [5, 5.41) is 12.2. The Labute approximate surface area is 116 Å². The van der Waals surface area contributed by atoms with Crippen molar-refractivity contribution in [1.82, 2.24) is 5.32 Å². The first-order chi connectivity index (χ1) is 9.06. The first kappa shape index (κ1) is 14.3. The van der Waals surface area contributed by atoms with E-state index in [1.165, 1.54) is 12.1 Å². The van der Waals surface area contributed by atoms with Crippen molar-refractivity contribution in [2.45, 2.75) is 31.8 Å². The van der Waals surface area contributed by atoms with Crippen molar-refractivity contribution in [2.24, 2.45) is 5.92 Å². The van der Waals surface area contributed by atoms with Gasteiger partial charge in [-0.2, -0.15) is 0 Å². The topological polar surface area (TPSA) is 49.3 Å². The smallest absolute Gasteiger partial charge is 0.251 e. The van der Waals surface area contributed by atoms with Crippen molar-refractivity contribution in [3.63, 3.8) is 0 Å². The van der Waals surface area contributed by atoms with E-state index in [2.05, 4.69) is 5.32 Å². The van der Waals surface area contributed by atoms with Gasteiger partial charge in [0, 0.05) is 12.1 Å². The Balaban J connectivity index is 1.85. The second kappa shape index (κ2) is 6.35. The summed E-state index contributed by atoms with van der Waals surface area (Å²) < 4.78 is 13.2. The van der Waals surface area contributed by atoms with Crippen LogP contribution in [0.15, 0.2) is 18.2 Å². The molecule has 104 valence electrons. The molecule has 0 aromatic heterocycles. The first-order valence-corrected chi connectivity index (χ1v) is 6.85. The van der Waals surface area contributed by atoms with Crippen LogP contribution in [-0.4, -0.2) is 23.7 Å². The third kappa shape index (κ3) is 3.91. The van der Waals surface area contributed by atoms with E-state index < -0.39 is 5.82 Å². The Hall–Kier alpha value is -1.13. The summed E-state index contributed by atoms with van der Waals surface area (Å²) in [5.74, 6) is -0.485. The Morgan fingerprint density at radius 2 is 2.05 bits per heavy atom. The lowest BCUT2D eigenvalue weighted by Crippen LogP contribution is -2.32. The molecule has 3 nitrogen and oxygen atoms in total. The number of aliphatic hydroxyl groups is 1.